The van der Waals surface area contributed by atoms with Crippen molar-refractivity contribution < 1.29 is 4.79 Å². The lowest BCUT2D eigenvalue weighted by molar-refractivity contribution is -0.123. The van der Waals surface area contributed by atoms with Gasteiger partial charge in [-0.25, -0.2) is 0 Å². The van der Waals surface area contributed by atoms with Gasteiger partial charge in [0.25, 0.3) is 0 Å². The third-order valence-corrected chi connectivity index (χ3v) is 4.77. The zero-order chi connectivity index (χ0) is 15.3. The van der Waals surface area contributed by atoms with Crippen molar-refractivity contribution in [2.45, 2.75) is 57.9 Å². The van der Waals surface area contributed by atoms with Gasteiger partial charge in [-0.3, -0.25) is 4.79 Å². The van der Waals surface area contributed by atoms with Crippen LogP contribution in [0.1, 0.15) is 50.2 Å². The number of nitrogens with one attached hydrogen (secondary N) is 1. The van der Waals surface area contributed by atoms with Crippen molar-refractivity contribution in [3.8, 4) is 0 Å². The number of carbonyl (C=O) groups is 1. The first-order valence-corrected chi connectivity index (χ1v) is 8.10. The maximum absolute atomic E-state index is 12.3. The lowest BCUT2D eigenvalue weighted by Crippen LogP contribution is -2.56. The van der Waals surface area contributed by atoms with E-state index in [1.165, 1.54) is 17.5 Å². The van der Waals surface area contributed by atoms with Gasteiger partial charge in [-0.1, -0.05) is 44.0 Å². The number of aryl methyl sites for hydroxylation is 2. The summed E-state index contributed by atoms with van der Waals surface area (Å²) in [5, 5.41) is 3.24. The molecule has 3 nitrogen and oxygen atoms in total. The largest absolute Gasteiger partial charge is 0.349 e. The zero-order valence-corrected chi connectivity index (χ0v) is 13.3. The molecule has 1 aromatic rings. The number of carbonyl (C=O) groups excluding carboxylic acids is 1. The maximum atomic E-state index is 12.3. The molecule has 2 rings (SSSR count). The quantitative estimate of drug-likeness (QED) is 0.875. The minimum atomic E-state index is -0.166. The van der Waals surface area contributed by atoms with Crippen molar-refractivity contribution in [3.05, 3.63) is 35.4 Å². The highest BCUT2D eigenvalue weighted by atomic mass is 16.1. The molecule has 1 saturated carbocycles. The van der Waals surface area contributed by atoms with E-state index in [1.807, 2.05) is 12.1 Å². The van der Waals surface area contributed by atoms with E-state index in [2.05, 4.69) is 31.3 Å². The fourth-order valence-corrected chi connectivity index (χ4v) is 3.51. The molecule has 0 aromatic heterocycles. The van der Waals surface area contributed by atoms with Crippen LogP contribution < -0.4 is 11.1 Å². The molecule has 1 amide bonds. The molecule has 1 aliphatic carbocycles. The summed E-state index contributed by atoms with van der Waals surface area (Å²) in [5.41, 5.74) is 8.31. The number of benzene rings is 1. The van der Waals surface area contributed by atoms with Gasteiger partial charge in [-0.2, -0.15) is 0 Å². The molecular weight excluding hydrogens is 260 g/mol. The Hall–Kier alpha value is -1.35. The van der Waals surface area contributed by atoms with E-state index in [0.29, 0.717) is 18.9 Å². The van der Waals surface area contributed by atoms with E-state index in [0.717, 1.165) is 25.7 Å². The van der Waals surface area contributed by atoms with Crippen molar-refractivity contribution in [1.82, 2.24) is 5.32 Å². The van der Waals surface area contributed by atoms with Gasteiger partial charge in [0.1, 0.15) is 0 Å². The zero-order valence-electron chi connectivity index (χ0n) is 13.3. The summed E-state index contributed by atoms with van der Waals surface area (Å²) in [5.74, 6) is 0.789. The van der Waals surface area contributed by atoms with Crippen molar-refractivity contribution in [1.29, 1.82) is 0 Å². The van der Waals surface area contributed by atoms with Gasteiger partial charge in [0.2, 0.25) is 5.91 Å². The van der Waals surface area contributed by atoms with E-state index in [4.69, 9.17) is 5.73 Å². The fourth-order valence-electron chi connectivity index (χ4n) is 3.51. The summed E-state index contributed by atoms with van der Waals surface area (Å²) in [6.45, 7) is 4.90. The van der Waals surface area contributed by atoms with Crippen molar-refractivity contribution >= 4 is 5.91 Å². The van der Waals surface area contributed by atoms with Gasteiger partial charge in [-0.15, -0.1) is 0 Å². The van der Waals surface area contributed by atoms with Crippen LogP contribution in [0.5, 0.6) is 0 Å². The number of nitrogens with two attached hydrogens (primary N) is 1. The highest BCUT2D eigenvalue weighted by Gasteiger charge is 2.34. The van der Waals surface area contributed by atoms with Crippen LogP contribution in [0.3, 0.4) is 0 Å². The van der Waals surface area contributed by atoms with Crippen LogP contribution in [0.4, 0.5) is 0 Å². The van der Waals surface area contributed by atoms with Crippen LogP contribution in [0.2, 0.25) is 0 Å². The van der Waals surface area contributed by atoms with Gasteiger partial charge in [0.05, 0.1) is 5.54 Å². The molecule has 2 atom stereocenters. The van der Waals surface area contributed by atoms with Crippen LogP contribution in [0.15, 0.2) is 24.3 Å². The van der Waals surface area contributed by atoms with Crippen LogP contribution in [0, 0.1) is 12.8 Å². The Kier molecular flexibility index (Phi) is 5.40. The monoisotopic (exact) mass is 288 g/mol. The predicted molar refractivity (Wildman–Crippen MR) is 87.1 cm³/mol. The Bertz CT molecular complexity index is 486. The molecule has 1 aliphatic rings. The first kappa shape index (κ1) is 16.0. The summed E-state index contributed by atoms with van der Waals surface area (Å²) < 4.78 is 0. The Morgan fingerprint density at radius 2 is 2.19 bits per heavy atom. The molecule has 3 N–H and O–H groups in total. The minimum absolute atomic E-state index is 0.137. The number of amides is 1. The molecule has 116 valence electrons. The summed E-state index contributed by atoms with van der Waals surface area (Å²) >= 11 is 0. The Labute approximate surface area is 128 Å². The smallest absolute Gasteiger partial charge is 0.220 e. The van der Waals surface area contributed by atoms with Crippen LogP contribution in [-0.4, -0.2) is 18.0 Å². The third kappa shape index (κ3) is 4.31. The van der Waals surface area contributed by atoms with Crippen molar-refractivity contribution in [2.75, 3.05) is 6.54 Å². The Morgan fingerprint density at radius 1 is 1.43 bits per heavy atom. The van der Waals surface area contributed by atoms with Gasteiger partial charge >= 0.3 is 0 Å². The summed E-state index contributed by atoms with van der Waals surface area (Å²) in [6, 6.07) is 8.26. The van der Waals surface area contributed by atoms with Crippen LogP contribution in [0.25, 0.3) is 0 Å². The molecule has 1 fully saturated rings. The Balaban J connectivity index is 1.90. The normalized spacial score (nSPS) is 25.6. The first-order valence-electron chi connectivity index (χ1n) is 8.10. The molecule has 0 radical (unpaired) electrons. The summed E-state index contributed by atoms with van der Waals surface area (Å²) in [7, 11) is 0. The molecule has 0 spiro atoms. The van der Waals surface area contributed by atoms with E-state index < -0.39 is 0 Å². The average molecular weight is 288 g/mol. The van der Waals surface area contributed by atoms with E-state index in [9.17, 15) is 4.79 Å². The van der Waals surface area contributed by atoms with E-state index in [-0.39, 0.29) is 11.4 Å². The molecule has 0 heterocycles. The van der Waals surface area contributed by atoms with E-state index >= 15 is 0 Å². The topological polar surface area (TPSA) is 55.1 Å². The molecular formula is C18H28N2O. The molecule has 1 aromatic carbocycles. The second-order valence-corrected chi connectivity index (χ2v) is 6.66. The van der Waals surface area contributed by atoms with Gasteiger partial charge in [0, 0.05) is 13.0 Å². The van der Waals surface area contributed by atoms with Crippen molar-refractivity contribution in [2.24, 2.45) is 11.7 Å². The van der Waals surface area contributed by atoms with Gasteiger partial charge in [-0.05, 0) is 43.2 Å². The second kappa shape index (κ2) is 7.08. The fraction of sp³-hybridized carbons (Fsp3) is 0.611. The predicted octanol–water partition coefficient (Wildman–Crippen LogP) is 2.95. The molecule has 3 heteroatoms. The number of rotatable bonds is 5. The Morgan fingerprint density at radius 3 is 2.86 bits per heavy atom. The van der Waals surface area contributed by atoms with Gasteiger partial charge in [0.15, 0.2) is 0 Å². The lowest BCUT2D eigenvalue weighted by Gasteiger charge is -2.40. The summed E-state index contributed by atoms with van der Waals surface area (Å²) in [4.78, 5) is 12.3. The van der Waals surface area contributed by atoms with Crippen molar-refractivity contribution in [3.63, 3.8) is 0 Å². The lowest BCUT2D eigenvalue weighted by atomic mass is 9.76. The number of hydrogen-bond donors (Lipinski definition) is 2. The minimum Gasteiger partial charge on any atom is -0.349 e. The van der Waals surface area contributed by atoms with Crippen LogP contribution in [-0.2, 0) is 11.2 Å². The molecule has 21 heavy (non-hydrogen) atoms. The molecule has 0 aliphatic heterocycles. The standard InChI is InChI=1S/C18H28N2O/c1-14-6-5-11-18(12-14,13-19)20-17(21)10-9-16-8-4-3-7-15(16)2/h3-4,7-8,14H,5-6,9-13,19H2,1-2H3,(H,20,21). The molecule has 2 unspecified atom stereocenters. The summed E-state index contributed by atoms with van der Waals surface area (Å²) in [6.07, 6.45) is 5.79. The van der Waals surface area contributed by atoms with E-state index in [1.54, 1.807) is 0 Å². The second-order valence-electron chi connectivity index (χ2n) is 6.66. The number of hydrogen-bond acceptors (Lipinski definition) is 2. The molecule has 0 bridgehead atoms. The highest BCUT2D eigenvalue weighted by molar-refractivity contribution is 5.77. The first-order chi connectivity index (χ1) is 10.0. The highest BCUT2D eigenvalue weighted by Crippen LogP contribution is 2.31. The SMILES string of the molecule is Cc1ccccc1CCC(=O)NC1(CN)CCCC(C)C1. The van der Waals surface area contributed by atoms with Gasteiger partial charge < -0.3 is 11.1 Å². The average Bonchev–Trinajstić information content (AvgIpc) is 2.46. The van der Waals surface area contributed by atoms with Crippen LogP contribution >= 0.6 is 0 Å². The molecule has 0 saturated heterocycles. The maximum Gasteiger partial charge on any atom is 0.220 e. The third-order valence-electron chi connectivity index (χ3n) is 4.77.